The first-order valence-corrected chi connectivity index (χ1v) is 9.50. The minimum absolute atomic E-state index is 0.118. The van der Waals surface area contributed by atoms with E-state index in [0.717, 1.165) is 58.5 Å². The van der Waals surface area contributed by atoms with Gasteiger partial charge in [0.2, 0.25) is 5.91 Å². The van der Waals surface area contributed by atoms with Gasteiger partial charge in [-0.05, 0) is 57.8 Å². The van der Waals surface area contributed by atoms with E-state index >= 15 is 0 Å². The van der Waals surface area contributed by atoms with Gasteiger partial charge in [0.25, 0.3) is 0 Å². The number of carbonyl (C=O) groups excluding carboxylic acids is 1. The van der Waals surface area contributed by atoms with Crippen LogP contribution >= 0.6 is 0 Å². The smallest absolute Gasteiger partial charge is 0.230 e. The van der Waals surface area contributed by atoms with Gasteiger partial charge in [-0.15, -0.1) is 0 Å². The molecule has 0 radical (unpaired) electrons. The molecule has 0 bridgehead atoms. The van der Waals surface area contributed by atoms with E-state index < -0.39 is 0 Å². The van der Waals surface area contributed by atoms with Crippen LogP contribution in [0.3, 0.4) is 0 Å². The van der Waals surface area contributed by atoms with E-state index in [1.54, 1.807) is 6.26 Å². The summed E-state index contributed by atoms with van der Waals surface area (Å²) in [5, 5.41) is 0. The summed E-state index contributed by atoms with van der Waals surface area (Å²) in [7, 11) is 0. The highest BCUT2D eigenvalue weighted by Gasteiger charge is 2.48. The number of nitrogens with zero attached hydrogens (tertiary/aromatic N) is 3. The zero-order valence-corrected chi connectivity index (χ0v) is 14.6. The van der Waals surface area contributed by atoms with Crippen molar-refractivity contribution in [3.63, 3.8) is 0 Å². The van der Waals surface area contributed by atoms with Gasteiger partial charge < -0.3 is 14.2 Å². The molecule has 3 aliphatic heterocycles. The number of hydrogen-bond donors (Lipinski definition) is 0. The van der Waals surface area contributed by atoms with Gasteiger partial charge in [-0.3, -0.25) is 9.69 Å². The van der Waals surface area contributed by atoms with Crippen molar-refractivity contribution in [2.24, 2.45) is 5.41 Å². The Labute approximate surface area is 144 Å². The molecule has 5 heteroatoms. The largest absolute Gasteiger partial charge is 0.472 e. The molecule has 4 rings (SSSR count). The molecule has 5 nitrogen and oxygen atoms in total. The third kappa shape index (κ3) is 3.24. The summed E-state index contributed by atoms with van der Waals surface area (Å²) in [6.07, 6.45) is 9.42. The molecule has 1 unspecified atom stereocenters. The van der Waals surface area contributed by atoms with Crippen LogP contribution in [0.15, 0.2) is 23.0 Å². The molecule has 0 N–H and O–H groups in total. The number of amides is 1. The van der Waals surface area contributed by atoms with Crippen LogP contribution < -0.4 is 0 Å². The highest BCUT2D eigenvalue weighted by Crippen LogP contribution is 2.40. The maximum atomic E-state index is 13.1. The summed E-state index contributed by atoms with van der Waals surface area (Å²) in [6.45, 7) is 8.26. The van der Waals surface area contributed by atoms with Gasteiger partial charge in [0.05, 0.1) is 17.9 Å². The molecule has 1 atom stereocenters. The van der Waals surface area contributed by atoms with E-state index in [4.69, 9.17) is 4.42 Å². The lowest BCUT2D eigenvalue weighted by molar-refractivity contribution is -0.139. The lowest BCUT2D eigenvalue weighted by Crippen LogP contribution is -2.48. The third-order valence-corrected chi connectivity index (χ3v) is 6.13. The highest BCUT2D eigenvalue weighted by molar-refractivity contribution is 5.85. The lowest BCUT2D eigenvalue weighted by Gasteiger charge is -2.39. The Bertz CT molecular complexity index is 553. The zero-order valence-electron chi connectivity index (χ0n) is 14.6. The van der Waals surface area contributed by atoms with E-state index in [9.17, 15) is 4.79 Å². The van der Waals surface area contributed by atoms with E-state index in [-0.39, 0.29) is 5.41 Å². The topological polar surface area (TPSA) is 39.9 Å². The quantitative estimate of drug-likeness (QED) is 0.829. The van der Waals surface area contributed by atoms with Crippen LogP contribution in [0.2, 0.25) is 0 Å². The van der Waals surface area contributed by atoms with E-state index in [0.29, 0.717) is 5.91 Å². The van der Waals surface area contributed by atoms with Crippen molar-refractivity contribution in [2.75, 3.05) is 45.8 Å². The monoisotopic (exact) mass is 331 g/mol. The fourth-order valence-corrected chi connectivity index (χ4v) is 4.76. The summed E-state index contributed by atoms with van der Waals surface area (Å²) in [5.74, 6) is 0.415. The van der Waals surface area contributed by atoms with Crippen molar-refractivity contribution >= 4 is 5.91 Å². The van der Waals surface area contributed by atoms with Crippen LogP contribution in [0, 0.1) is 5.41 Å². The Hall–Kier alpha value is -1.33. The standard InChI is InChI=1S/C19H29N3O2/c23-18-19(6-10-22(18)12-11-20-7-1-2-8-20)5-3-9-21(16-19)14-17-4-13-24-15-17/h4,13,15H,1-3,5-12,14,16H2. The Morgan fingerprint density at radius 1 is 1.00 bits per heavy atom. The Morgan fingerprint density at radius 3 is 2.62 bits per heavy atom. The molecule has 1 aromatic rings. The second kappa shape index (κ2) is 6.89. The molecule has 3 aliphatic rings. The van der Waals surface area contributed by atoms with Crippen molar-refractivity contribution in [3.8, 4) is 0 Å². The predicted octanol–water partition coefficient (Wildman–Crippen LogP) is 2.19. The van der Waals surface area contributed by atoms with Gasteiger partial charge in [0.15, 0.2) is 0 Å². The third-order valence-electron chi connectivity index (χ3n) is 6.13. The summed E-state index contributed by atoms with van der Waals surface area (Å²) in [5.41, 5.74) is 1.09. The van der Waals surface area contributed by atoms with Crippen LogP contribution in [-0.4, -0.2) is 66.4 Å². The van der Waals surface area contributed by atoms with Gasteiger partial charge in [-0.1, -0.05) is 0 Å². The van der Waals surface area contributed by atoms with E-state index in [1.165, 1.54) is 31.5 Å². The molecule has 0 saturated carbocycles. The Morgan fingerprint density at radius 2 is 1.83 bits per heavy atom. The van der Waals surface area contributed by atoms with E-state index in [2.05, 4.69) is 14.7 Å². The summed E-state index contributed by atoms with van der Waals surface area (Å²) in [6, 6.07) is 2.03. The van der Waals surface area contributed by atoms with Gasteiger partial charge in [-0.25, -0.2) is 0 Å². The molecule has 4 heterocycles. The van der Waals surface area contributed by atoms with E-state index in [1.807, 2.05) is 12.3 Å². The highest BCUT2D eigenvalue weighted by atomic mass is 16.3. The number of likely N-dealkylation sites (tertiary alicyclic amines) is 3. The number of piperidine rings is 1. The molecule has 1 spiro atoms. The van der Waals surface area contributed by atoms with Crippen LogP contribution in [0.25, 0.3) is 0 Å². The van der Waals surface area contributed by atoms with Crippen molar-refractivity contribution < 1.29 is 9.21 Å². The molecule has 3 saturated heterocycles. The SMILES string of the molecule is O=C1N(CCN2CCCC2)CCC12CCCN(Cc1ccoc1)C2. The van der Waals surface area contributed by atoms with Crippen LogP contribution in [-0.2, 0) is 11.3 Å². The number of furan rings is 1. The van der Waals surface area contributed by atoms with Crippen LogP contribution in [0.4, 0.5) is 0 Å². The molecular formula is C19H29N3O2. The fourth-order valence-electron chi connectivity index (χ4n) is 4.76. The van der Waals surface area contributed by atoms with Crippen molar-refractivity contribution in [1.29, 1.82) is 0 Å². The van der Waals surface area contributed by atoms with Gasteiger partial charge in [0, 0.05) is 38.3 Å². The zero-order chi connectivity index (χ0) is 16.4. The lowest BCUT2D eigenvalue weighted by atomic mass is 9.78. The molecule has 0 aromatic carbocycles. The van der Waals surface area contributed by atoms with Gasteiger partial charge >= 0.3 is 0 Å². The molecule has 24 heavy (non-hydrogen) atoms. The first-order chi connectivity index (χ1) is 11.8. The second-order valence-corrected chi connectivity index (χ2v) is 7.82. The summed E-state index contributed by atoms with van der Waals surface area (Å²) >= 11 is 0. The minimum Gasteiger partial charge on any atom is -0.472 e. The van der Waals surface area contributed by atoms with Crippen molar-refractivity contribution in [2.45, 2.75) is 38.6 Å². The van der Waals surface area contributed by atoms with Gasteiger partial charge in [-0.2, -0.15) is 0 Å². The molecule has 0 aliphatic carbocycles. The summed E-state index contributed by atoms with van der Waals surface area (Å²) in [4.78, 5) is 20.2. The maximum Gasteiger partial charge on any atom is 0.230 e. The molecular weight excluding hydrogens is 302 g/mol. The fraction of sp³-hybridized carbons (Fsp3) is 0.737. The molecule has 3 fully saturated rings. The summed E-state index contributed by atoms with van der Waals surface area (Å²) < 4.78 is 5.19. The molecule has 1 aromatic heterocycles. The van der Waals surface area contributed by atoms with Crippen molar-refractivity contribution in [1.82, 2.24) is 14.7 Å². The van der Waals surface area contributed by atoms with Crippen molar-refractivity contribution in [3.05, 3.63) is 24.2 Å². The van der Waals surface area contributed by atoms with Crippen LogP contribution in [0.1, 0.15) is 37.7 Å². The minimum atomic E-state index is -0.118. The molecule has 1 amide bonds. The normalized spacial score (nSPS) is 29.2. The predicted molar refractivity (Wildman–Crippen MR) is 92.5 cm³/mol. The number of carbonyl (C=O) groups is 1. The average molecular weight is 331 g/mol. The maximum absolute atomic E-state index is 13.1. The molecule has 132 valence electrons. The Kier molecular flexibility index (Phi) is 4.63. The number of hydrogen-bond acceptors (Lipinski definition) is 4. The number of rotatable bonds is 5. The first-order valence-electron chi connectivity index (χ1n) is 9.50. The van der Waals surface area contributed by atoms with Crippen LogP contribution in [0.5, 0.6) is 0 Å². The average Bonchev–Trinajstić information content (AvgIpc) is 3.32. The second-order valence-electron chi connectivity index (χ2n) is 7.82. The Balaban J connectivity index is 1.34. The van der Waals surface area contributed by atoms with Gasteiger partial charge in [0.1, 0.15) is 0 Å². The first kappa shape index (κ1) is 16.2.